The molecule has 0 aliphatic rings. The van der Waals surface area contributed by atoms with Gasteiger partial charge in [0.2, 0.25) is 10.0 Å². The number of Topliss-reactive ketones (excluding diaryl/α,β-unsaturated/α-hetero) is 1. The summed E-state index contributed by atoms with van der Waals surface area (Å²) in [5.41, 5.74) is 3.07. The van der Waals surface area contributed by atoms with E-state index in [1.165, 1.54) is 26.2 Å². The summed E-state index contributed by atoms with van der Waals surface area (Å²) >= 11 is 1.62. The zero-order valence-electron chi connectivity index (χ0n) is 17.1. The van der Waals surface area contributed by atoms with E-state index in [0.717, 1.165) is 30.8 Å². The van der Waals surface area contributed by atoms with Crippen molar-refractivity contribution in [3.8, 4) is 10.6 Å². The number of aromatic nitrogens is 1. The first-order valence-electron chi connectivity index (χ1n) is 9.60. The molecule has 31 heavy (non-hydrogen) atoms. The highest BCUT2D eigenvalue weighted by Crippen LogP contribution is 2.31. The van der Waals surface area contributed by atoms with Gasteiger partial charge in [0, 0.05) is 30.9 Å². The van der Waals surface area contributed by atoms with Crippen molar-refractivity contribution in [2.24, 2.45) is 0 Å². The first-order valence-corrected chi connectivity index (χ1v) is 11.9. The molecule has 0 radical (unpaired) electrons. The van der Waals surface area contributed by atoms with Gasteiger partial charge in [-0.2, -0.15) is 0 Å². The molecule has 0 bridgehead atoms. The number of carbonyl (C=O) groups excluding carboxylic acids is 1. The van der Waals surface area contributed by atoms with Gasteiger partial charge < -0.3 is 5.32 Å². The Bertz CT molecular complexity index is 1330. The van der Waals surface area contributed by atoms with E-state index in [9.17, 15) is 13.2 Å². The Morgan fingerprint density at radius 3 is 2.55 bits per heavy atom. The van der Waals surface area contributed by atoms with Gasteiger partial charge in [-0.3, -0.25) is 4.79 Å². The predicted molar refractivity (Wildman–Crippen MR) is 125 cm³/mol. The molecule has 0 atom stereocenters. The number of nitrogens with one attached hydrogen (secondary N) is 1. The zero-order valence-corrected chi connectivity index (χ0v) is 18.7. The van der Waals surface area contributed by atoms with Gasteiger partial charge in [-0.25, -0.2) is 17.7 Å². The van der Waals surface area contributed by atoms with Crippen molar-refractivity contribution < 1.29 is 13.2 Å². The maximum Gasteiger partial charge on any atom is 0.242 e. The van der Waals surface area contributed by atoms with E-state index in [-0.39, 0.29) is 17.2 Å². The first kappa shape index (κ1) is 21.2. The van der Waals surface area contributed by atoms with E-state index in [1.54, 1.807) is 23.5 Å². The van der Waals surface area contributed by atoms with E-state index in [2.05, 4.69) is 10.3 Å². The molecule has 158 valence electrons. The highest BCUT2D eigenvalue weighted by atomic mass is 32.2. The minimum atomic E-state index is -3.59. The van der Waals surface area contributed by atoms with Crippen molar-refractivity contribution in [2.45, 2.75) is 4.90 Å². The minimum Gasteiger partial charge on any atom is -0.378 e. The average molecular weight is 452 g/mol. The molecule has 4 rings (SSSR count). The van der Waals surface area contributed by atoms with Crippen LogP contribution in [0.4, 0.5) is 5.69 Å². The molecule has 1 heterocycles. The summed E-state index contributed by atoms with van der Waals surface area (Å²) in [6.45, 7) is 0.0504. The lowest BCUT2D eigenvalue weighted by Gasteiger charge is -2.12. The Balaban J connectivity index is 1.50. The fourth-order valence-corrected chi connectivity index (χ4v) is 4.99. The number of nitrogens with zero attached hydrogens (tertiary/aromatic N) is 2. The van der Waals surface area contributed by atoms with Crippen molar-refractivity contribution in [3.63, 3.8) is 0 Å². The summed E-state index contributed by atoms with van der Waals surface area (Å²) in [4.78, 5) is 17.4. The van der Waals surface area contributed by atoms with E-state index in [4.69, 9.17) is 0 Å². The van der Waals surface area contributed by atoms with Crippen LogP contribution in [0.15, 0.2) is 77.7 Å². The van der Waals surface area contributed by atoms with Gasteiger partial charge in [0.15, 0.2) is 5.78 Å². The molecular weight excluding hydrogens is 430 g/mol. The second kappa shape index (κ2) is 8.58. The van der Waals surface area contributed by atoms with Crippen LogP contribution in [0.25, 0.3) is 20.8 Å². The van der Waals surface area contributed by atoms with Crippen molar-refractivity contribution >= 4 is 43.0 Å². The van der Waals surface area contributed by atoms with Crippen molar-refractivity contribution in [1.29, 1.82) is 0 Å². The smallest absolute Gasteiger partial charge is 0.242 e. The van der Waals surface area contributed by atoms with Gasteiger partial charge in [0.05, 0.1) is 21.7 Å². The number of benzene rings is 3. The Labute approximate surface area is 185 Å². The van der Waals surface area contributed by atoms with Crippen LogP contribution in [0, 0.1) is 0 Å². The third kappa shape index (κ3) is 4.51. The van der Waals surface area contributed by atoms with Crippen LogP contribution in [0.3, 0.4) is 0 Å². The molecule has 1 aromatic heterocycles. The van der Waals surface area contributed by atoms with Gasteiger partial charge >= 0.3 is 0 Å². The number of hydrogen-bond donors (Lipinski definition) is 1. The second-order valence-electron chi connectivity index (χ2n) is 7.16. The summed E-state index contributed by atoms with van der Waals surface area (Å²) in [5, 5.41) is 4.05. The molecule has 0 fully saturated rings. The third-order valence-corrected chi connectivity index (χ3v) is 7.69. The molecule has 0 saturated carbocycles. The molecule has 3 aromatic carbocycles. The number of anilines is 1. The molecule has 0 saturated heterocycles. The number of hydrogen-bond acceptors (Lipinski definition) is 6. The van der Waals surface area contributed by atoms with Crippen LogP contribution in [0.2, 0.25) is 0 Å². The van der Waals surface area contributed by atoms with Crippen LogP contribution in [0.5, 0.6) is 0 Å². The van der Waals surface area contributed by atoms with E-state index < -0.39 is 10.0 Å². The van der Waals surface area contributed by atoms with E-state index in [1.807, 2.05) is 48.5 Å². The second-order valence-corrected chi connectivity index (χ2v) is 10.3. The van der Waals surface area contributed by atoms with Gasteiger partial charge in [-0.1, -0.05) is 36.4 Å². The summed E-state index contributed by atoms with van der Waals surface area (Å²) < 4.78 is 26.9. The van der Waals surface area contributed by atoms with Crippen LogP contribution in [-0.4, -0.2) is 44.1 Å². The minimum absolute atomic E-state index is 0.0504. The van der Waals surface area contributed by atoms with Crippen LogP contribution in [0.1, 0.15) is 10.4 Å². The number of ketones is 1. The lowest BCUT2D eigenvalue weighted by molar-refractivity contribution is 0.101. The molecule has 0 amide bonds. The number of para-hydroxylation sites is 1. The molecule has 0 aliphatic carbocycles. The summed E-state index contributed by atoms with van der Waals surface area (Å²) in [6.07, 6.45) is 0. The fraction of sp³-hybridized carbons (Fsp3) is 0.130. The van der Waals surface area contributed by atoms with Crippen molar-refractivity contribution in [1.82, 2.24) is 9.29 Å². The molecule has 0 aliphatic heterocycles. The molecule has 0 unspecified atom stereocenters. The topological polar surface area (TPSA) is 79.4 Å². The summed E-state index contributed by atoms with van der Waals surface area (Å²) in [7, 11) is -0.668. The maximum atomic E-state index is 12.7. The quantitative estimate of drug-likeness (QED) is 0.418. The molecule has 0 spiro atoms. The number of rotatable bonds is 7. The van der Waals surface area contributed by atoms with E-state index >= 15 is 0 Å². The largest absolute Gasteiger partial charge is 0.378 e. The molecular formula is C23H21N3O3S2. The normalized spacial score (nSPS) is 11.7. The Morgan fingerprint density at radius 1 is 1.00 bits per heavy atom. The molecule has 6 nitrogen and oxygen atoms in total. The van der Waals surface area contributed by atoms with Crippen molar-refractivity contribution in [3.05, 3.63) is 78.4 Å². The first-order chi connectivity index (χ1) is 14.8. The Morgan fingerprint density at radius 2 is 1.77 bits per heavy atom. The van der Waals surface area contributed by atoms with Gasteiger partial charge in [0.1, 0.15) is 5.01 Å². The monoisotopic (exact) mass is 451 g/mol. The van der Waals surface area contributed by atoms with Crippen LogP contribution >= 0.6 is 11.3 Å². The lowest BCUT2D eigenvalue weighted by atomic mass is 10.1. The highest BCUT2D eigenvalue weighted by molar-refractivity contribution is 7.89. The summed E-state index contributed by atoms with van der Waals surface area (Å²) in [5.74, 6) is -0.193. The Kier molecular flexibility index (Phi) is 5.86. The number of carbonyl (C=O) groups is 1. The fourth-order valence-electron chi connectivity index (χ4n) is 3.08. The van der Waals surface area contributed by atoms with Gasteiger partial charge in [-0.15, -0.1) is 11.3 Å². The van der Waals surface area contributed by atoms with Gasteiger partial charge in [-0.05, 0) is 36.4 Å². The predicted octanol–water partition coefficient (Wildman–Crippen LogP) is 4.51. The van der Waals surface area contributed by atoms with Crippen LogP contribution in [-0.2, 0) is 10.0 Å². The third-order valence-electron chi connectivity index (χ3n) is 4.79. The Hall–Kier alpha value is -3.07. The van der Waals surface area contributed by atoms with E-state index in [0.29, 0.717) is 5.56 Å². The number of fused-ring (bicyclic) bond motifs is 1. The molecule has 4 aromatic rings. The number of thiazole rings is 1. The van der Waals surface area contributed by atoms with Crippen molar-refractivity contribution in [2.75, 3.05) is 26.0 Å². The average Bonchev–Trinajstić information content (AvgIpc) is 3.22. The highest BCUT2D eigenvalue weighted by Gasteiger charge is 2.18. The molecule has 1 N–H and O–H groups in total. The summed E-state index contributed by atoms with van der Waals surface area (Å²) in [6, 6.07) is 21.8. The van der Waals surface area contributed by atoms with Gasteiger partial charge in [0.25, 0.3) is 0 Å². The molecule has 8 heteroatoms. The SMILES string of the molecule is CN(C)S(=O)(=O)c1cccc(C(=O)CNc2cccc(-c3nc4ccccc4s3)c2)c1. The maximum absolute atomic E-state index is 12.7. The number of sulfonamides is 1. The standard InChI is InChI=1S/C23H21N3O3S2/c1-26(2)31(28,29)19-10-6-7-16(14-19)21(27)15-24-18-9-5-8-17(13-18)23-25-20-11-3-4-12-22(20)30-23/h3-14,24H,15H2,1-2H3. The van der Waals surface area contributed by atoms with Crippen LogP contribution < -0.4 is 5.32 Å². The lowest BCUT2D eigenvalue weighted by Crippen LogP contribution is -2.22. The zero-order chi connectivity index (χ0) is 22.0.